The van der Waals surface area contributed by atoms with Crippen molar-refractivity contribution < 1.29 is 13.9 Å². The minimum atomic E-state index is -0.473. The maximum Gasteiger partial charge on any atom is 0.317 e. The molecule has 5 rings (SSSR count). The molecule has 0 unspecified atom stereocenters. The first-order valence-corrected chi connectivity index (χ1v) is 10.5. The van der Waals surface area contributed by atoms with Crippen LogP contribution in [0.3, 0.4) is 0 Å². The van der Waals surface area contributed by atoms with Crippen molar-refractivity contribution in [2.75, 3.05) is 7.11 Å². The first-order chi connectivity index (χ1) is 15.1. The Kier molecular flexibility index (Phi) is 5.20. The van der Waals surface area contributed by atoms with Crippen molar-refractivity contribution in [3.05, 3.63) is 82.6 Å². The summed E-state index contributed by atoms with van der Waals surface area (Å²) in [6.07, 6.45) is 2.27. The van der Waals surface area contributed by atoms with Gasteiger partial charge in [-0.3, -0.25) is 0 Å². The quantitative estimate of drug-likeness (QED) is 0.345. The van der Waals surface area contributed by atoms with Crippen LogP contribution in [0.1, 0.15) is 29.9 Å². The van der Waals surface area contributed by atoms with E-state index in [0.717, 1.165) is 40.6 Å². The van der Waals surface area contributed by atoms with Gasteiger partial charge in [0.05, 0.1) is 23.3 Å². The molecule has 1 aliphatic rings. The van der Waals surface area contributed by atoms with Crippen LogP contribution in [-0.4, -0.2) is 17.1 Å². The van der Waals surface area contributed by atoms with Gasteiger partial charge in [-0.15, -0.1) is 0 Å². The maximum atomic E-state index is 13.7. The molecule has 31 heavy (non-hydrogen) atoms. The highest BCUT2D eigenvalue weighted by Gasteiger charge is 2.28. The lowest BCUT2D eigenvalue weighted by Crippen LogP contribution is -2.01. The summed E-state index contributed by atoms with van der Waals surface area (Å²) in [4.78, 5) is 9.09. The lowest BCUT2D eigenvalue weighted by Gasteiger charge is -2.15. The molecule has 0 amide bonds. The molecule has 1 aromatic heterocycles. The number of ether oxygens (including phenoxy) is 2. The van der Waals surface area contributed by atoms with E-state index in [1.807, 2.05) is 36.4 Å². The summed E-state index contributed by atoms with van der Waals surface area (Å²) in [5.41, 5.74) is 4.31. The van der Waals surface area contributed by atoms with Gasteiger partial charge in [-0.2, -0.15) is 9.97 Å². The molecule has 0 spiro atoms. The minimum Gasteiger partial charge on any atom is -0.489 e. The lowest BCUT2D eigenvalue weighted by molar-refractivity contribution is 0.303. The van der Waals surface area contributed by atoms with Gasteiger partial charge < -0.3 is 9.47 Å². The minimum absolute atomic E-state index is 0.0402. The standard InChI is InChI=1S/C25H20ClFN2O2/c1-30-25-28-22-12-18(16-7-8-16)23(31-14-15-5-3-2-4-6-15)13-19(22)24(29-25)17-9-10-21(27)20(26)11-17/h2-6,9-13,16H,7-8,14H2,1H3. The molecule has 4 aromatic rings. The highest BCUT2D eigenvalue weighted by molar-refractivity contribution is 6.31. The monoisotopic (exact) mass is 434 g/mol. The van der Waals surface area contributed by atoms with Gasteiger partial charge in [0, 0.05) is 10.9 Å². The molecule has 0 N–H and O–H groups in total. The molecule has 0 radical (unpaired) electrons. The van der Waals surface area contributed by atoms with Crippen LogP contribution in [0.15, 0.2) is 60.7 Å². The molecule has 3 aromatic carbocycles. The second kappa shape index (κ2) is 8.16. The largest absolute Gasteiger partial charge is 0.489 e. The van der Waals surface area contributed by atoms with Gasteiger partial charge in [-0.25, -0.2) is 4.39 Å². The fraction of sp³-hybridized carbons (Fsp3) is 0.200. The maximum absolute atomic E-state index is 13.7. The number of rotatable bonds is 6. The number of fused-ring (bicyclic) bond motifs is 1. The predicted octanol–water partition coefficient (Wildman–Crippen LogP) is 6.55. The van der Waals surface area contributed by atoms with E-state index in [4.69, 9.17) is 21.1 Å². The van der Waals surface area contributed by atoms with Gasteiger partial charge in [0.2, 0.25) is 0 Å². The zero-order chi connectivity index (χ0) is 21.4. The van der Waals surface area contributed by atoms with Crippen molar-refractivity contribution in [3.8, 4) is 23.0 Å². The normalized spacial score (nSPS) is 13.4. The van der Waals surface area contributed by atoms with Crippen LogP contribution in [0.4, 0.5) is 4.39 Å². The number of halogens is 2. The van der Waals surface area contributed by atoms with Crippen molar-refractivity contribution in [3.63, 3.8) is 0 Å². The van der Waals surface area contributed by atoms with E-state index < -0.39 is 5.82 Å². The third-order valence-corrected chi connectivity index (χ3v) is 5.73. The zero-order valence-electron chi connectivity index (χ0n) is 16.9. The lowest BCUT2D eigenvalue weighted by atomic mass is 10.0. The van der Waals surface area contributed by atoms with Gasteiger partial charge in [0.1, 0.15) is 18.2 Å². The second-order valence-electron chi connectivity index (χ2n) is 7.64. The van der Waals surface area contributed by atoms with Crippen molar-refractivity contribution in [2.24, 2.45) is 0 Å². The topological polar surface area (TPSA) is 44.2 Å². The van der Waals surface area contributed by atoms with E-state index in [0.29, 0.717) is 23.8 Å². The Hall–Kier alpha value is -3.18. The van der Waals surface area contributed by atoms with Crippen molar-refractivity contribution >= 4 is 22.5 Å². The van der Waals surface area contributed by atoms with E-state index in [1.54, 1.807) is 12.1 Å². The van der Waals surface area contributed by atoms with E-state index in [-0.39, 0.29) is 11.0 Å². The summed E-state index contributed by atoms with van der Waals surface area (Å²) in [6.45, 7) is 0.473. The molecule has 0 saturated heterocycles. The molecule has 1 fully saturated rings. The fourth-order valence-corrected chi connectivity index (χ4v) is 3.86. The zero-order valence-corrected chi connectivity index (χ0v) is 17.7. The second-order valence-corrected chi connectivity index (χ2v) is 8.05. The summed E-state index contributed by atoms with van der Waals surface area (Å²) in [5, 5.41) is 0.842. The van der Waals surface area contributed by atoms with Crippen LogP contribution in [0.2, 0.25) is 5.02 Å². The van der Waals surface area contributed by atoms with Crippen molar-refractivity contribution in [1.82, 2.24) is 9.97 Å². The van der Waals surface area contributed by atoms with Crippen LogP contribution in [-0.2, 0) is 6.61 Å². The first kappa shape index (κ1) is 19.8. The van der Waals surface area contributed by atoms with Crippen molar-refractivity contribution in [2.45, 2.75) is 25.4 Å². The Balaban J connectivity index is 1.64. The Morgan fingerprint density at radius 1 is 1.03 bits per heavy atom. The van der Waals surface area contributed by atoms with Crippen LogP contribution < -0.4 is 9.47 Å². The van der Waals surface area contributed by atoms with E-state index in [1.165, 1.54) is 13.2 Å². The highest BCUT2D eigenvalue weighted by Crippen LogP contribution is 2.46. The van der Waals surface area contributed by atoms with Gasteiger partial charge >= 0.3 is 6.01 Å². The molecule has 1 aliphatic carbocycles. The van der Waals surface area contributed by atoms with E-state index >= 15 is 0 Å². The third-order valence-electron chi connectivity index (χ3n) is 5.44. The molecule has 0 atom stereocenters. The number of aromatic nitrogens is 2. The summed E-state index contributed by atoms with van der Waals surface area (Å²) >= 11 is 6.04. The summed E-state index contributed by atoms with van der Waals surface area (Å²) in [7, 11) is 1.53. The van der Waals surface area contributed by atoms with Gasteiger partial charge in [0.25, 0.3) is 0 Å². The van der Waals surface area contributed by atoms with Crippen LogP contribution in [0.25, 0.3) is 22.2 Å². The Morgan fingerprint density at radius 3 is 2.55 bits per heavy atom. The molecule has 6 heteroatoms. The summed E-state index contributed by atoms with van der Waals surface area (Å²) in [6, 6.07) is 18.9. The number of nitrogens with zero attached hydrogens (tertiary/aromatic N) is 2. The number of hydrogen-bond donors (Lipinski definition) is 0. The van der Waals surface area contributed by atoms with E-state index in [2.05, 4.69) is 16.0 Å². The average Bonchev–Trinajstić information content (AvgIpc) is 3.64. The number of benzene rings is 3. The van der Waals surface area contributed by atoms with Gasteiger partial charge in [0.15, 0.2) is 0 Å². The van der Waals surface area contributed by atoms with Crippen LogP contribution >= 0.6 is 11.6 Å². The molecule has 156 valence electrons. The van der Waals surface area contributed by atoms with Crippen molar-refractivity contribution in [1.29, 1.82) is 0 Å². The average molecular weight is 435 g/mol. The Bertz CT molecular complexity index is 1260. The van der Waals surface area contributed by atoms with Crippen LogP contribution in [0, 0.1) is 5.82 Å². The van der Waals surface area contributed by atoms with Gasteiger partial charge in [-0.05, 0) is 60.2 Å². The molecular formula is C25H20ClFN2O2. The smallest absolute Gasteiger partial charge is 0.317 e. The molecule has 0 aliphatic heterocycles. The highest BCUT2D eigenvalue weighted by atomic mass is 35.5. The number of hydrogen-bond acceptors (Lipinski definition) is 4. The van der Waals surface area contributed by atoms with Gasteiger partial charge in [-0.1, -0.05) is 41.9 Å². The third kappa shape index (κ3) is 4.06. The predicted molar refractivity (Wildman–Crippen MR) is 119 cm³/mol. The molecule has 1 heterocycles. The fourth-order valence-electron chi connectivity index (χ4n) is 3.68. The van der Waals surface area contributed by atoms with E-state index in [9.17, 15) is 4.39 Å². The van der Waals surface area contributed by atoms with Crippen LogP contribution in [0.5, 0.6) is 11.8 Å². The Morgan fingerprint density at radius 2 is 1.84 bits per heavy atom. The molecule has 0 bridgehead atoms. The molecule has 1 saturated carbocycles. The SMILES string of the molecule is COc1nc(-c2ccc(F)c(Cl)c2)c2cc(OCc3ccccc3)c(C3CC3)cc2n1. The summed E-state index contributed by atoms with van der Waals surface area (Å²) < 4.78 is 25.3. The summed E-state index contributed by atoms with van der Waals surface area (Å²) in [5.74, 6) is 0.820. The molecule has 4 nitrogen and oxygen atoms in total. The Labute approximate surface area is 184 Å². The number of methoxy groups -OCH3 is 1. The first-order valence-electron chi connectivity index (χ1n) is 10.1. The molecular weight excluding hydrogens is 415 g/mol.